The summed E-state index contributed by atoms with van der Waals surface area (Å²) in [6, 6.07) is 8.01. The molecule has 1 aromatic carbocycles. The zero-order valence-corrected chi connectivity index (χ0v) is 7.44. The summed E-state index contributed by atoms with van der Waals surface area (Å²) in [6.45, 7) is 0. The predicted octanol–water partition coefficient (Wildman–Crippen LogP) is 1.17. The smallest absolute Gasteiger partial charge is 0.136 e. The van der Waals surface area contributed by atoms with E-state index in [1.165, 1.54) is 11.1 Å². The van der Waals surface area contributed by atoms with Crippen LogP contribution in [0, 0.1) is 5.92 Å². The maximum atomic E-state index is 10.5. The fourth-order valence-corrected chi connectivity index (χ4v) is 1.98. The van der Waals surface area contributed by atoms with Gasteiger partial charge in [0.05, 0.1) is 6.04 Å². The minimum Gasteiger partial charge on any atom is -0.321 e. The maximum Gasteiger partial charge on any atom is 0.136 e. The van der Waals surface area contributed by atoms with Crippen LogP contribution in [0.2, 0.25) is 0 Å². The molecule has 1 atom stereocenters. The van der Waals surface area contributed by atoms with E-state index in [-0.39, 0.29) is 7.47 Å². The highest BCUT2D eigenvalue weighted by Gasteiger charge is 2.25. The van der Waals surface area contributed by atoms with Crippen LogP contribution in [-0.2, 0) is 17.6 Å². The van der Waals surface area contributed by atoms with Gasteiger partial charge in [0, 0.05) is 1.43 Å². The lowest BCUT2D eigenvalue weighted by Gasteiger charge is -2.11. The number of hydrogen-bond donors (Lipinski definition) is 1. The summed E-state index contributed by atoms with van der Waals surface area (Å²) in [6.07, 6.45) is 2.77. The highest BCUT2D eigenvalue weighted by atomic mass is 16.1. The zero-order chi connectivity index (χ0) is 9.26. The van der Waals surface area contributed by atoms with E-state index in [0.29, 0.717) is 5.92 Å². The van der Waals surface area contributed by atoms with Crippen LogP contribution in [0.25, 0.3) is 0 Å². The number of rotatable bonds is 2. The minimum absolute atomic E-state index is 0. The SMILES string of the molecule is N[C@H](C=O)C1Cc2ccccc2C1.[HH]. The third-order valence-electron chi connectivity index (χ3n) is 2.78. The van der Waals surface area contributed by atoms with Gasteiger partial charge in [-0.05, 0) is 29.9 Å². The van der Waals surface area contributed by atoms with E-state index in [9.17, 15) is 4.79 Å². The van der Waals surface area contributed by atoms with Crippen LogP contribution >= 0.6 is 0 Å². The highest BCUT2D eigenvalue weighted by molar-refractivity contribution is 5.58. The van der Waals surface area contributed by atoms with Crippen molar-refractivity contribution in [2.24, 2.45) is 11.7 Å². The number of fused-ring (bicyclic) bond motifs is 1. The average Bonchev–Trinajstić information content (AvgIpc) is 2.59. The summed E-state index contributed by atoms with van der Waals surface area (Å²) in [5.74, 6) is 0.315. The molecule has 2 rings (SSSR count). The van der Waals surface area contributed by atoms with E-state index >= 15 is 0 Å². The largest absolute Gasteiger partial charge is 0.321 e. The van der Waals surface area contributed by atoms with E-state index in [1.54, 1.807) is 0 Å². The fraction of sp³-hybridized carbons (Fsp3) is 0.364. The third kappa shape index (κ3) is 1.49. The van der Waals surface area contributed by atoms with Gasteiger partial charge in [-0.2, -0.15) is 0 Å². The van der Waals surface area contributed by atoms with Crippen LogP contribution in [0.15, 0.2) is 24.3 Å². The van der Waals surface area contributed by atoms with Crippen LogP contribution < -0.4 is 5.73 Å². The van der Waals surface area contributed by atoms with Gasteiger partial charge in [-0.25, -0.2) is 0 Å². The topological polar surface area (TPSA) is 43.1 Å². The van der Waals surface area contributed by atoms with Gasteiger partial charge in [0.2, 0.25) is 0 Å². The molecule has 0 heterocycles. The summed E-state index contributed by atoms with van der Waals surface area (Å²) in [5.41, 5.74) is 8.39. The maximum absolute atomic E-state index is 10.5. The van der Waals surface area contributed by atoms with Crippen molar-refractivity contribution < 1.29 is 6.22 Å². The molecule has 0 radical (unpaired) electrons. The van der Waals surface area contributed by atoms with Gasteiger partial charge in [-0.1, -0.05) is 24.3 Å². The van der Waals surface area contributed by atoms with Gasteiger partial charge in [0.1, 0.15) is 6.29 Å². The molecule has 0 saturated heterocycles. The third-order valence-corrected chi connectivity index (χ3v) is 2.78. The van der Waals surface area contributed by atoms with Crippen molar-refractivity contribution in [3.63, 3.8) is 0 Å². The number of hydrogen-bond acceptors (Lipinski definition) is 2. The second-order valence-electron chi connectivity index (χ2n) is 3.65. The lowest BCUT2D eigenvalue weighted by molar-refractivity contribution is -0.109. The Morgan fingerprint density at radius 3 is 2.38 bits per heavy atom. The van der Waals surface area contributed by atoms with E-state index < -0.39 is 0 Å². The molecule has 2 nitrogen and oxygen atoms in total. The van der Waals surface area contributed by atoms with Crippen molar-refractivity contribution in [1.82, 2.24) is 0 Å². The molecule has 0 aliphatic heterocycles. The fourth-order valence-electron chi connectivity index (χ4n) is 1.98. The molecule has 0 saturated carbocycles. The molecule has 1 aliphatic rings. The molecule has 13 heavy (non-hydrogen) atoms. The molecular formula is C11H15NO. The first kappa shape index (κ1) is 8.45. The van der Waals surface area contributed by atoms with Crippen molar-refractivity contribution in [2.45, 2.75) is 18.9 Å². The van der Waals surface area contributed by atoms with Gasteiger partial charge in [-0.15, -0.1) is 0 Å². The molecular weight excluding hydrogens is 162 g/mol. The van der Waals surface area contributed by atoms with Crippen LogP contribution in [0.4, 0.5) is 0 Å². The molecule has 70 valence electrons. The molecule has 2 heteroatoms. The van der Waals surface area contributed by atoms with E-state index in [4.69, 9.17) is 5.73 Å². The van der Waals surface area contributed by atoms with Crippen molar-refractivity contribution in [3.05, 3.63) is 35.4 Å². The lowest BCUT2D eigenvalue weighted by atomic mass is 9.99. The Balaban J connectivity index is 0.000000980. The number of benzene rings is 1. The number of aldehydes is 1. The molecule has 0 fully saturated rings. The van der Waals surface area contributed by atoms with Crippen LogP contribution in [0.5, 0.6) is 0 Å². The van der Waals surface area contributed by atoms with E-state index in [0.717, 1.165) is 19.1 Å². The van der Waals surface area contributed by atoms with E-state index in [2.05, 4.69) is 12.1 Å². The van der Waals surface area contributed by atoms with Crippen molar-refractivity contribution in [2.75, 3.05) is 0 Å². The molecule has 0 bridgehead atoms. The van der Waals surface area contributed by atoms with Gasteiger partial charge in [-0.3, -0.25) is 0 Å². The van der Waals surface area contributed by atoms with Crippen molar-refractivity contribution in [1.29, 1.82) is 0 Å². The molecule has 1 aliphatic carbocycles. The Labute approximate surface area is 79.2 Å². The van der Waals surface area contributed by atoms with Crippen molar-refractivity contribution >= 4 is 6.29 Å². The van der Waals surface area contributed by atoms with Crippen LogP contribution in [0.3, 0.4) is 0 Å². The summed E-state index contributed by atoms with van der Waals surface area (Å²) in [7, 11) is 0. The number of carbonyl (C=O) groups is 1. The van der Waals surface area contributed by atoms with Crippen LogP contribution in [-0.4, -0.2) is 12.3 Å². The Kier molecular flexibility index (Phi) is 2.15. The highest BCUT2D eigenvalue weighted by Crippen LogP contribution is 2.27. The first-order valence-electron chi connectivity index (χ1n) is 4.59. The lowest BCUT2D eigenvalue weighted by Crippen LogP contribution is -2.31. The standard InChI is InChI=1S/C11H13NO.H2/c12-11(7-13)10-5-8-3-1-2-4-9(8)6-10;/h1-4,7,10-11H,5-6,12H2;1H/t11-;/m1./s1. The van der Waals surface area contributed by atoms with Crippen molar-refractivity contribution in [3.8, 4) is 0 Å². The molecule has 0 amide bonds. The summed E-state index contributed by atoms with van der Waals surface area (Å²) in [4.78, 5) is 10.5. The predicted molar refractivity (Wildman–Crippen MR) is 53.5 cm³/mol. The molecule has 0 unspecified atom stereocenters. The van der Waals surface area contributed by atoms with Gasteiger partial charge < -0.3 is 10.5 Å². The molecule has 1 aromatic rings. The first-order chi connectivity index (χ1) is 6.31. The first-order valence-corrected chi connectivity index (χ1v) is 4.59. The normalized spacial score (nSPS) is 18.2. The van der Waals surface area contributed by atoms with Gasteiger partial charge in [0.25, 0.3) is 0 Å². The Hall–Kier alpha value is -1.15. The molecule has 0 spiro atoms. The molecule has 2 N–H and O–H groups in total. The Morgan fingerprint density at radius 2 is 1.92 bits per heavy atom. The second-order valence-corrected chi connectivity index (χ2v) is 3.65. The van der Waals surface area contributed by atoms with Crippen LogP contribution in [0.1, 0.15) is 12.6 Å². The molecule has 0 aromatic heterocycles. The summed E-state index contributed by atoms with van der Waals surface area (Å²) >= 11 is 0. The van der Waals surface area contributed by atoms with Gasteiger partial charge in [0.15, 0.2) is 0 Å². The summed E-state index contributed by atoms with van der Waals surface area (Å²) < 4.78 is 0. The second kappa shape index (κ2) is 3.30. The zero-order valence-electron chi connectivity index (χ0n) is 7.44. The monoisotopic (exact) mass is 177 g/mol. The number of carbonyl (C=O) groups excluding carboxylic acids is 1. The average molecular weight is 177 g/mol. The number of nitrogens with two attached hydrogens (primary N) is 1. The summed E-state index contributed by atoms with van der Waals surface area (Å²) in [5, 5.41) is 0. The Morgan fingerprint density at radius 1 is 1.38 bits per heavy atom. The van der Waals surface area contributed by atoms with Gasteiger partial charge >= 0.3 is 0 Å². The minimum atomic E-state index is -0.299. The Bertz CT molecular complexity index is 302. The van der Waals surface area contributed by atoms with E-state index in [1.807, 2.05) is 12.1 Å². The quantitative estimate of drug-likeness (QED) is 0.689.